The number of hydrogen-bond acceptors (Lipinski definition) is 7. The molecule has 0 aliphatic heterocycles. The summed E-state index contributed by atoms with van der Waals surface area (Å²) in [5, 5.41) is 11.7. The molecule has 26 heavy (non-hydrogen) atoms. The number of halogens is 1. The van der Waals surface area contributed by atoms with E-state index in [1.807, 2.05) is 24.3 Å². The molecule has 0 amide bonds. The first kappa shape index (κ1) is 18.3. The van der Waals surface area contributed by atoms with Crippen LogP contribution in [0.2, 0.25) is 0 Å². The second kappa shape index (κ2) is 8.29. The van der Waals surface area contributed by atoms with Gasteiger partial charge in [0.15, 0.2) is 10.1 Å². The van der Waals surface area contributed by atoms with Crippen molar-refractivity contribution >= 4 is 39.7 Å². The highest BCUT2D eigenvalue weighted by molar-refractivity contribution is 8.02. The van der Waals surface area contributed by atoms with E-state index in [-0.39, 0.29) is 16.9 Å². The molecule has 0 bridgehead atoms. The lowest BCUT2D eigenvalue weighted by molar-refractivity contribution is 0.0994. The summed E-state index contributed by atoms with van der Waals surface area (Å²) < 4.78 is 18.8. The summed E-state index contributed by atoms with van der Waals surface area (Å²) in [5.74, 6) is 0.340. The average Bonchev–Trinajstić information content (AvgIpc) is 3.09. The molecule has 1 atom stereocenters. The van der Waals surface area contributed by atoms with Gasteiger partial charge in [0, 0.05) is 11.3 Å². The molecule has 134 valence electrons. The van der Waals surface area contributed by atoms with Crippen molar-refractivity contribution in [3.8, 4) is 5.75 Å². The van der Waals surface area contributed by atoms with Gasteiger partial charge in [-0.15, -0.1) is 10.2 Å². The van der Waals surface area contributed by atoms with E-state index in [1.54, 1.807) is 14.0 Å². The van der Waals surface area contributed by atoms with Gasteiger partial charge in [0.05, 0.1) is 12.4 Å². The van der Waals surface area contributed by atoms with Crippen LogP contribution in [0.4, 0.5) is 15.2 Å². The number of carbonyl (C=O) groups is 1. The van der Waals surface area contributed by atoms with Gasteiger partial charge in [-0.25, -0.2) is 4.39 Å². The number of ether oxygens (including phenoxy) is 1. The fourth-order valence-corrected chi connectivity index (χ4v) is 4.15. The van der Waals surface area contributed by atoms with Crippen LogP contribution in [0.1, 0.15) is 17.3 Å². The molecule has 3 rings (SSSR count). The standard InChI is InChI=1S/C18H16FN3O2S2/c1-11(16(23)12-3-5-13(19)6-4-12)25-18-22-21-17(26-18)20-14-7-9-15(24-2)10-8-14/h3-11H,1-2H3,(H,20,21)/t11-/m1/s1. The highest BCUT2D eigenvalue weighted by atomic mass is 32.2. The predicted octanol–water partition coefficient (Wildman–Crippen LogP) is 4.79. The van der Waals surface area contributed by atoms with E-state index in [4.69, 9.17) is 4.74 Å². The number of thioether (sulfide) groups is 1. The van der Waals surface area contributed by atoms with E-state index < -0.39 is 0 Å². The van der Waals surface area contributed by atoms with Crippen LogP contribution in [0.5, 0.6) is 5.75 Å². The number of hydrogen-bond donors (Lipinski definition) is 1. The minimum absolute atomic E-state index is 0.0742. The summed E-state index contributed by atoms with van der Waals surface area (Å²) in [7, 11) is 1.62. The third-order valence-corrected chi connectivity index (χ3v) is 5.55. The molecule has 0 saturated carbocycles. The number of Topliss-reactive ketones (excluding diaryl/α,β-unsaturated/α-hetero) is 1. The summed E-state index contributed by atoms with van der Waals surface area (Å²) >= 11 is 2.70. The Balaban J connectivity index is 1.61. The van der Waals surface area contributed by atoms with Crippen molar-refractivity contribution in [3.05, 3.63) is 59.9 Å². The van der Waals surface area contributed by atoms with Crippen LogP contribution < -0.4 is 10.1 Å². The number of anilines is 2. The first-order valence-corrected chi connectivity index (χ1v) is 9.46. The van der Waals surface area contributed by atoms with Crippen LogP contribution >= 0.6 is 23.1 Å². The largest absolute Gasteiger partial charge is 0.497 e. The first-order valence-electron chi connectivity index (χ1n) is 7.76. The van der Waals surface area contributed by atoms with Crippen LogP contribution in [0.25, 0.3) is 0 Å². The number of nitrogens with one attached hydrogen (secondary N) is 1. The van der Waals surface area contributed by atoms with E-state index >= 15 is 0 Å². The van der Waals surface area contributed by atoms with Gasteiger partial charge in [-0.3, -0.25) is 4.79 Å². The monoisotopic (exact) mass is 389 g/mol. The molecule has 1 aromatic heterocycles. The lowest BCUT2D eigenvalue weighted by Crippen LogP contribution is -2.13. The van der Waals surface area contributed by atoms with E-state index in [9.17, 15) is 9.18 Å². The summed E-state index contributed by atoms with van der Waals surface area (Å²) in [5.41, 5.74) is 1.35. The molecular formula is C18H16FN3O2S2. The van der Waals surface area contributed by atoms with Crippen LogP contribution in [0.15, 0.2) is 52.9 Å². The van der Waals surface area contributed by atoms with Gasteiger partial charge < -0.3 is 10.1 Å². The average molecular weight is 389 g/mol. The lowest BCUT2D eigenvalue weighted by atomic mass is 10.1. The molecule has 0 unspecified atom stereocenters. The summed E-state index contributed by atoms with van der Waals surface area (Å²) in [6, 6.07) is 13.0. The molecule has 0 fully saturated rings. The summed E-state index contributed by atoms with van der Waals surface area (Å²) in [4.78, 5) is 12.4. The van der Waals surface area contributed by atoms with E-state index in [0.29, 0.717) is 15.0 Å². The Bertz CT molecular complexity index is 882. The summed E-state index contributed by atoms with van der Waals surface area (Å²) in [6.45, 7) is 1.80. The van der Waals surface area contributed by atoms with Gasteiger partial charge in [-0.1, -0.05) is 23.1 Å². The molecule has 0 radical (unpaired) electrons. The number of nitrogens with zero attached hydrogens (tertiary/aromatic N) is 2. The third-order valence-electron chi connectivity index (χ3n) is 3.52. The predicted molar refractivity (Wildman–Crippen MR) is 102 cm³/mol. The Morgan fingerprint density at radius 3 is 2.50 bits per heavy atom. The van der Waals surface area contributed by atoms with Crippen LogP contribution in [0, 0.1) is 5.82 Å². The van der Waals surface area contributed by atoms with E-state index in [0.717, 1.165) is 11.4 Å². The number of carbonyl (C=O) groups excluding carboxylic acids is 1. The molecular weight excluding hydrogens is 373 g/mol. The Morgan fingerprint density at radius 1 is 1.15 bits per heavy atom. The van der Waals surface area contributed by atoms with Crippen molar-refractivity contribution in [2.75, 3.05) is 12.4 Å². The van der Waals surface area contributed by atoms with Crippen LogP contribution in [-0.2, 0) is 0 Å². The zero-order chi connectivity index (χ0) is 18.5. The molecule has 3 aromatic rings. The third kappa shape index (κ3) is 4.59. The fraction of sp³-hybridized carbons (Fsp3) is 0.167. The van der Waals surface area contributed by atoms with Crippen molar-refractivity contribution in [1.82, 2.24) is 10.2 Å². The number of benzene rings is 2. The Hall–Kier alpha value is -2.45. The quantitative estimate of drug-likeness (QED) is 0.463. The highest BCUT2D eigenvalue weighted by Crippen LogP contribution is 2.31. The molecule has 0 spiro atoms. The van der Waals surface area contributed by atoms with Gasteiger partial charge in [0.25, 0.3) is 0 Å². The maximum Gasteiger partial charge on any atom is 0.210 e. The van der Waals surface area contributed by atoms with Crippen molar-refractivity contribution in [3.63, 3.8) is 0 Å². The van der Waals surface area contributed by atoms with E-state index in [2.05, 4.69) is 15.5 Å². The van der Waals surface area contributed by atoms with Crippen LogP contribution in [0.3, 0.4) is 0 Å². The molecule has 2 aromatic carbocycles. The molecule has 0 aliphatic carbocycles. The van der Waals surface area contributed by atoms with Crippen molar-refractivity contribution in [2.45, 2.75) is 16.5 Å². The van der Waals surface area contributed by atoms with Gasteiger partial charge in [-0.2, -0.15) is 0 Å². The second-order valence-electron chi connectivity index (χ2n) is 5.36. The second-order valence-corrected chi connectivity index (χ2v) is 7.92. The number of aromatic nitrogens is 2. The maximum absolute atomic E-state index is 13.0. The number of ketones is 1. The molecule has 8 heteroatoms. The Labute approximate surface area is 158 Å². The van der Waals surface area contributed by atoms with Crippen molar-refractivity contribution < 1.29 is 13.9 Å². The summed E-state index contributed by atoms with van der Waals surface area (Å²) in [6.07, 6.45) is 0. The smallest absolute Gasteiger partial charge is 0.210 e. The fourth-order valence-electron chi connectivity index (χ4n) is 2.16. The highest BCUT2D eigenvalue weighted by Gasteiger charge is 2.19. The first-order chi connectivity index (χ1) is 12.5. The topological polar surface area (TPSA) is 64.1 Å². The lowest BCUT2D eigenvalue weighted by Gasteiger charge is -2.07. The maximum atomic E-state index is 13.0. The number of rotatable bonds is 7. The minimum Gasteiger partial charge on any atom is -0.497 e. The van der Waals surface area contributed by atoms with Gasteiger partial charge in [0.2, 0.25) is 5.13 Å². The van der Waals surface area contributed by atoms with E-state index in [1.165, 1.54) is 47.4 Å². The molecule has 1 heterocycles. The molecule has 1 N–H and O–H groups in total. The van der Waals surface area contributed by atoms with Gasteiger partial charge >= 0.3 is 0 Å². The normalized spacial score (nSPS) is 11.8. The van der Waals surface area contributed by atoms with Gasteiger partial charge in [0.1, 0.15) is 11.6 Å². The van der Waals surface area contributed by atoms with Crippen molar-refractivity contribution in [2.24, 2.45) is 0 Å². The van der Waals surface area contributed by atoms with Crippen molar-refractivity contribution in [1.29, 1.82) is 0 Å². The molecule has 0 saturated heterocycles. The van der Waals surface area contributed by atoms with Crippen LogP contribution in [-0.4, -0.2) is 28.3 Å². The zero-order valence-electron chi connectivity index (χ0n) is 14.1. The Kier molecular flexibility index (Phi) is 5.85. The minimum atomic E-state index is -0.361. The number of methoxy groups -OCH3 is 1. The van der Waals surface area contributed by atoms with Gasteiger partial charge in [-0.05, 0) is 55.5 Å². The molecule has 0 aliphatic rings. The Morgan fingerprint density at radius 2 is 1.85 bits per heavy atom. The zero-order valence-corrected chi connectivity index (χ0v) is 15.7. The SMILES string of the molecule is COc1ccc(Nc2nnc(S[C@H](C)C(=O)c3ccc(F)cc3)s2)cc1. The molecule has 5 nitrogen and oxygen atoms in total.